The number of aromatic nitrogens is 2. The highest BCUT2D eigenvalue weighted by Gasteiger charge is 2.27. The predicted octanol–water partition coefficient (Wildman–Crippen LogP) is 4.37. The van der Waals surface area contributed by atoms with Crippen molar-refractivity contribution in [3.05, 3.63) is 36.2 Å². The fourth-order valence-electron chi connectivity index (χ4n) is 3.10. The summed E-state index contributed by atoms with van der Waals surface area (Å²) < 4.78 is 5.46. The quantitative estimate of drug-likeness (QED) is 0.891. The third kappa shape index (κ3) is 3.45. The van der Waals surface area contributed by atoms with E-state index in [1.54, 1.807) is 4.90 Å². The molecule has 5 heteroatoms. The molecule has 2 heterocycles. The first-order valence-corrected chi connectivity index (χ1v) is 8.42. The van der Waals surface area contributed by atoms with Crippen molar-refractivity contribution in [1.82, 2.24) is 14.9 Å². The van der Waals surface area contributed by atoms with E-state index in [-0.39, 0.29) is 12.1 Å². The zero-order chi connectivity index (χ0) is 17.3. The molecule has 0 saturated carbocycles. The molecular formula is C19H25N3O2. The minimum absolute atomic E-state index is 0.182. The fourth-order valence-corrected chi connectivity index (χ4v) is 3.10. The summed E-state index contributed by atoms with van der Waals surface area (Å²) in [6.45, 7) is 5.67. The standard InChI is InChI=1S/C19H25N3O2/c1-19(2,3)24-18(23)22(4)14-9-7-13(8-10-14)15-12-21-16-6-5-11-20-17(15)16/h5-7,11-12,14,21H,8-10H2,1-4H3. The van der Waals surface area contributed by atoms with Crippen LogP contribution in [0.1, 0.15) is 45.6 Å². The Bertz CT molecular complexity index is 770. The number of H-pyrrole nitrogens is 1. The van der Waals surface area contributed by atoms with E-state index in [0.29, 0.717) is 0 Å². The van der Waals surface area contributed by atoms with E-state index >= 15 is 0 Å². The van der Waals surface area contributed by atoms with Gasteiger partial charge in [-0.2, -0.15) is 0 Å². The van der Waals surface area contributed by atoms with Crippen LogP contribution in [-0.2, 0) is 4.74 Å². The van der Waals surface area contributed by atoms with Gasteiger partial charge in [0.15, 0.2) is 0 Å². The second-order valence-corrected chi connectivity index (χ2v) is 7.35. The summed E-state index contributed by atoms with van der Waals surface area (Å²) >= 11 is 0. The Labute approximate surface area is 142 Å². The third-order valence-corrected chi connectivity index (χ3v) is 4.39. The number of rotatable bonds is 2. The van der Waals surface area contributed by atoms with Gasteiger partial charge in [-0.1, -0.05) is 6.08 Å². The van der Waals surface area contributed by atoms with Crippen molar-refractivity contribution in [1.29, 1.82) is 0 Å². The van der Waals surface area contributed by atoms with Crippen LogP contribution in [0.25, 0.3) is 16.6 Å². The van der Waals surface area contributed by atoms with Gasteiger partial charge in [-0.3, -0.25) is 4.98 Å². The molecule has 128 valence electrons. The lowest BCUT2D eigenvalue weighted by Crippen LogP contribution is -2.41. The number of fused-ring (bicyclic) bond motifs is 1. The van der Waals surface area contributed by atoms with E-state index in [9.17, 15) is 4.79 Å². The van der Waals surface area contributed by atoms with Gasteiger partial charge in [0.25, 0.3) is 0 Å². The monoisotopic (exact) mass is 327 g/mol. The number of amides is 1. The number of allylic oxidation sites excluding steroid dienone is 1. The number of pyridine rings is 1. The van der Waals surface area contributed by atoms with E-state index in [4.69, 9.17) is 4.74 Å². The molecule has 1 N–H and O–H groups in total. The molecule has 0 radical (unpaired) electrons. The number of hydrogen-bond donors (Lipinski definition) is 1. The molecule has 1 amide bonds. The Morgan fingerprint density at radius 1 is 1.42 bits per heavy atom. The number of nitrogens with zero attached hydrogens (tertiary/aromatic N) is 2. The molecule has 0 aromatic carbocycles. The largest absolute Gasteiger partial charge is 0.444 e. The van der Waals surface area contributed by atoms with Gasteiger partial charge in [-0.25, -0.2) is 4.79 Å². The van der Waals surface area contributed by atoms with E-state index < -0.39 is 5.60 Å². The van der Waals surface area contributed by atoms with Gasteiger partial charge in [0.2, 0.25) is 0 Å². The number of nitrogens with one attached hydrogen (secondary N) is 1. The van der Waals surface area contributed by atoms with Crippen molar-refractivity contribution in [2.24, 2.45) is 0 Å². The highest BCUT2D eigenvalue weighted by atomic mass is 16.6. The molecule has 0 spiro atoms. The number of carbonyl (C=O) groups is 1. The average Bonchev–Trinajstić information content (AvgIpc) is 2.97. The number of carbonyl (C=O) groups excluding carboxylic acids is 1. The molecule has 1 unspecified atom stereocenters. The maximum absolute atomic E-state index is 12.2. The van der Waals surface area contributed by atoms with Crippen molar-refractivity contribution in [2.45, 2.75) is 51.7 Å². The van der Waals surface area contributed by atoms with E-state index in [0.717, 1.165) is 30.3 Å². The van der Waals surface area contributed by atoms with E-state index in [1.807, 2.05) is 52.3 Å². The van der Waals surface area contributed by atoms with Gasteiger partial charge < -0.3 is 14.6 Å². The first-order valence-electron chi connectivity index (χ1n) is 8.42. The SMILES string of the molecule is CN(C(=O)OC(C)(C)C)C1CC=C(c2c[nH]c3cccnc23)CC1. The first kappa shape index (κ1) is 16.6. The summed E-state index contributed by atoms with van der Waals surface area (Å²) in [6, 6.07) is 4.15. The van der Waals surface area contributed by atoms with Crippen LogP contribution in [-0.4, -0.2) is 39.7 Å². The van der Waals surface area contributed by atoms with Gasteiger partial charge in [-0.15, -0.1) is 0 Å². The molecule has 0 bridgehead atoms. The average molecular weight is 327 g/mol. The summed E-state index contributed by atoms with van der Waals surface area (Å²) in [7, 11) is 1.82. The van der Waals surface area contributed by atoms with Crippen LogP contribution in [0.2, 0.25) is 0 Å². The maximum atomic E-state index is 12.2. The molecule has 5 nitrogen and oxygen atoms in total. The predicted molar refractivity (Wildman–Crippen MR) is 95.7 cm³/mol. The molecule has 1 aliphatic carbocycles. The Morgan fingerprint density at radius 2 is 2.21 bits per heavy atom. The molecule has 2 aromatic rings. The summed E-state index contributed by atoms with van der Waals surface area (Å²) in [5.74, 6) is 0. The molecule has 1 atom stereocenters. The minimum Gasteiger partial charge on any atom is -0.444 e. The van der Waals surface area contributed by atoms with Gasteiger partial charge in [-0.05, 0) is 57.7 Å². The second kappa shape index (κ2) is 6.30. The zero-order valence-electron chi connectivity index (χ0n) is 14.8. The Kier molecular flexibility index (Phi) is 4.35. The van der Waals surface area contributed by atoms with Gasteiger partial charge in [0, 0.05) is 31.0 Å². The molecule has 3 rings (SSSR count). The molecule has 0 saturated heterocycles. The third-order valence-electron chi connectivity index (χ3n) is 4.39. The van der Waals surface area contributed by atoms with E-state index in [2.05, 4.69) is 16.0 Å². The highest BCUT2D eigenvalue weighted by Crippen LogP contribution is 2.32. The zero-order valence-corrected chi connectivity index (χ0v) is 14.8. The summed E-state index contributed by atoms with van der Waals surface area (Å²) in [5.41, 5.74) is 4.08. The van der Waals surface area contributed by atoms with Crippen LogP contribution in [0.5, 0.6) is 0 Å². The van der Waals surface area contributed by atoms with Crippen molar-refractivity contribution in [2.75, 3.05) is 7.05 Å². The first-order chi connectivity index (χ1) is 11.3. The summed E-state index contributed by atoms with van der Waals surface area (Å²) in [4.78, 5) is 21.7. The molecule has 24 heavy (non-hydrogen) atoms. The fraction of sp³-hybridized carbons (Fsp3) is 0.474. The van der Waals surface area contributed by atoms with Gasteiger partial charge in [0.1, 0.15) is 5.60 Å². The number of hydrogen-bond acceptors (Lipinski definition) is 3. The van der Waals surface area contributed by atoms with Crippen molar-refractivity contribution < 1.29 is 9.53 Å². The van der Waals surface area contributed by atoms with Crippen molar-refractivity contribution >= 4 is 22.7 Å². The van der Waals surface area contributed by atoms with Crippen LogP contribution in [0.3, 0.4) is 0 Å². The Balaban J connectivity index is 1.71. The molecular weight excluding hydrogens is 302 g/mol. The normalized spacial score (nSPS) is 18.3. The number of ether oxygens (including phenoxy) is 1. The smallest absolute Gasteiger partial charge is 0.410 e. The lowest BCUT2D eigenvalue weighted by atomic mass is 9.91. The van der Waals surface area contributed by atoms with E-state index in [1.165, 1.54) is 11.1 Å². The minimum atomic E-state index is -0.462. The molecule has 0 aliphatic heterocycles. The summed E-state index contributed by atoms with van der Waals surface area (Å²) in [5, 5.41) is 0. The molecule has 2 aromatic heterocycles. The van der Waals surface area contributed by atoms with Crippen molar-refractivity contribution in [3.63, 3.8) is 0 Å². The lowest BCUT2D eigenvalue weighted by molar-refractivity contribution is 0.0215. The Hall–Kier alpha value is -2.30. The topological polar surface area (TPSA) is 58.2 Å². The maximum Gasteiger partial charge on any atom is 0.410 e. The van der Waals surface area contributed by atoms with Gasteiger partial charge >= 0.3 is 6.09 Å². The number of aromatic amines is 1. The van der Waals surface area contributed by atoms with Crippen LogP contribution < -0.4 is 0 Å². The van der Waals surface area contributed by atoms with Gasteiger partial charge in [0.05, 0.1) is 11.0 Å². The van der Waals surface area contributed by atoms with Crippen LogP contribution in [0, 0.1) is 0 Å². The Morgan fingerprint density at radius 3 is 2.88 bits per heavy atom. The molecule has 1 aliphatic rings. The van der Waals surface area contributed by atoms with Crippen molar-refractivity contribution in [3.8, 4) is 0 Å². The summed E-state index contributed by atoms with van der Waals surface area (Å²) in [6.07, 6.45) is 8.53. The van der Waals surface area contributed by atoms with Crippen LogP contribution in [0.4, 0.5) is 4.79 Å². The van der Waals surface area contributed by atoms with Crippen LogP contribution in [0.15, 0.2) is 30.6 Å². The van der Waals surface area contributed by atoms with Crippen LogP contribution >= 0.6 is 0 Å². The lowest BCUT2D eigenvalue weighted by Gasteiger charge is -2.32. The highest BCUT2D eigenvalue weighted by molar-refractivity contribution is 5.89. The molecule has 0 fully saturated rings. The second-order valence-electron chi connectivity index (χ2n) is 7.35.